The highest BCUT2D eigenvalue weighted by Crippen LogP contribution is 2.04. The van der Waals surface area contributed by atoms with Gasteiger partial charge in [0.25, 0.3) is 0 Å². The van der Waals surface area contributed by atoms with Crippen LogP contribution in [0.1, 0.15) is 64.7 Å². The summed E-state index contributed by atoms with van der Waals surface area (Å²) in [4.78, 5) is 21.7. The van der Waals surface area contributed by atoms with Crippen molar-refractivity contribution >= 4 is 11.8 Å². The van der Waals surface area contributed by atoms with Crippen LogP contribution in [0, 0.1) is 0 Å². The van der Waals surface area contributed by atoms with Gasteiger partial charge in [-0.1, -0.05) is 44.4 Å². The number of ketones is 1. The van der Waals surface area contributed by atoms with Crippen LogP contribution in [0.4, 0.5) is 0 Å². The molecule has 0 aromatic carbocycles. The summed E-state index contributed by atoms with van der Waals surface area (Å²) < 4.78 is 0. The molecule has 0 atom stereocenters. The van der Waals surface area contributed by atoms with Crippen molar-refractivity contribution in [2.24, 2.45) is 0 Å². The lowest BCUT2D eigenvalue weighted by atomic mass is 10.1. The highest BCUT2D eigenvalue weighted by molar-refractivity contribution is 5.89. The minimum atomic E-state index is -0.764. The van der Waals surface area contributed by atoms with Crippen molar-refractivity contribution in [3.05, 3.63) is 24.3 Å². The molecule has 3 heteroatoms. The number of hydrogen-bond acceptors (Lipinski definition) is 2. The number of carbonyl (C=O) groups excluding carboxylic acids is 1. The number of rotatable bonds is 12. The van der Waals surface area contributed by atoms with Crippen molar-refractivity contribution in [1.82, 2.24) is 0 Å². The molecule has 0 bridgehead atoms. The van der Waals surface area contributed by atoms with Crippen molar-refractivity contribution in [1.29, 1.82) is 0 Å². The SMILES string of the molecule is CCCCCC=CC=CC(=O)CCCCCC(=O)O. The highest BCUT2D eigenvalue weighted by atomic mass is 16.4. The van der Waals surface area contributed by atoms with E-state index in [4.69, 9.17) is 5.11 Å². The second kappa shape index (κ2) is 13.1. The molecule has 0 aliphatic rings. The Morgan fingerprint density at radius 3 is 2.37 bits per heavy atom. The Morgan fingerprint density at radius 1 is 0.947 bits per heavy atom. The molecule has 0 radical (unpaired) electrons. The van der Waals surface area contributed by atoms with E-state index in [1.165, 1.54) is 19.3 Å². The number of carboxylic acid groups (broad SMARTS) is 1. The van der Waals surface area contributed by atoms with Crippen LogP contribution >= 0.6 is 0 Å². The van der Waals surface area contributed by atoms with Crippen LogP contribution in [0.5, 0.6) is 0 Å². The first kappa shape index (κ1) is 17.6. The molecule has 0 aliphatic heterocycles. The van der Waals surface area contributed by atoms with Crippen LogP contribution in [0.2, 0.25) is 0 Å². The average molecular weight is 266 g/mol. The Morgan fingerprint density at radius 2 is 1.68 bits per heavy atom. The summed E-state index contributed by atoms with van der Waals surface area (Å²) in [7, 11) is 0. The molecular formula is C16H26O3. The number of allylic oxidation sites excluding steroid dienone is 4. The average Bonchev–Trinajstić information content (AvgIpc) is 2.37. The van der Waals surface area contributed by atoms with Crippen LogP contribution in [0.15, 0.2) is 24.3 Å². The minimum Gasteiger partial charge on any atom is -0.481 e. The topological polar surface area (TPSA) is 54.4 Å². The van der Waals surface area contributed by atoms with E-state index in [1.54, 1.807) is 12.2 Å². The van der Waals surface area contributed by atoms with Gasteiger partial charge in [0, 0.05) is 12.8 Å². The molecule has 0 rings (SSSR count). The van der Waals surface area contributed by atoms with Crippen molar-refractivity contribution in [2.45, 2.75) is 64.7 Å². The molecule has 1 N–H and O–H groups in total. The van der Waals surface area contributed by atoms with Gasteiger partial charge in [-0.3, -0.25) is 9.59 Å². The van der Waals surface area contributed by atoms with Crippen LogP contribution in [0.25, 0.3) is 0 Å². The van der Waals surface area contributed by atoms with Gasteiger partial charge in [0.15, 0.2) is 5.78 Å². The van der Waals surface area contributed by atoms with E-state index < -0.39 is 5.97 Å². The van der Waals surface area contributed by atoms with Gasteiger partial charge < -0.3 is 5.11 Å². The molecule has 0 spiro atoms. The van der Waals surface area contributed by atoms with Crippen LogP contribution < -0.4 is 0 Å². The Balaban J connectivity index is 3.49. The largest absolute Gasteiger partial charge is 0.481 e. The Labute approximate surface area is 116 Å². The minimum absolute atomic E-state index is 0.119. The number of carboxylic acids is 1. The first-order valence-electron chi connectivity index (χ1n) is 7.24. The van der Waals surface area contributed by atoms with Gasteiger partial charge in [0.05, 0.1) is 0 Å². The number of hydrogen-bond donors (Lipinski definition) is 1. The fourth-order valence-corrected chi connectivity index (χ4v) is 1.69. The molecule has 0 unspecified atom stereocenters. The van der Waals surface area contributed by atoms with Gasteiger partial charge in [-0.05, 0) is 31.8 Å². The third kappa shape index (κ3) is 14.6. The molecule has 0 aromatic rings. The second-order valence-electron chi connectivity index (χ2n) is 4.70. The summed E-state index contributed by atoms with van der Waals surface area (Å²) in [5, 5.41) is 8.46. The van der Waals surface area contributed by atoms with Gasteiger partial charge in [-0.2, -0.15) is 0 Å². The normalized spacial score (nSPS) is 11.4. The van der Waals surface area contributed by atoms with E-state index in [0.29, 0.717) is 12.8 Å². The molecule has 0 saturated heterocycles. The van der Waals surface area contributed by atoms with Crippen molar-refractivity contribution in [2.75, 3.05) is 0 Å². The first-order valence-corrected chi connectivity index (χ1v) is 7.24. The summed E-state index contributed by atoms with van der Waals surface area (Å²) in [5.74, 6) is -0.645. The first-order chi connectivity index (χ1) is 9.16. The lowest BCUT2D eigenvalue weighted by Crippen LogP contribution is -1.95. The fourth-order valence-electron chi connectivity index (χ4n) is 1.69. The van der Waals surface area contributed by atoms with Gasteiger partial charge in [0.1, 0.15) is 0 Å². The van der Waals surface area contributed by atoms with Crippen LogP contribution in [-0.2, 0) is 9.59 Å². The zero-order valence-corrected chi connectivity index (χ0v) is 11.9. The van der Waals surface area contributed by atoms with E-state index in [2.05, 4.69) is 13.0 Å². The Hall–Kier alpha value is -1.38. The molecular weight excluding hydrogens is 240 g/mol. The summed E-state index contributed by atoms with van der Waals surface area (Å²) in [5.41, 5.74) is 0. The summed E-state index contributed by atoms with van der Waals surface area (Å²) in [6.07, 6.45) is 15.1. The predicted molar refractivity (Wildman–Crippen MR) is 78.1 cm³/mol. The molecule has 0 heterocycles. The lowest BCUT2D eigenvalue weighted by molar-refractivity contribution is -0.137. The standard InChI is InChI=1S/C16H26O3/c1-2-3-4-5-6-7-9-12-15(17)13-10-8-11-14-16(18)19/h6-7,9,12H,2-5,8,10-11,13-14H2,1H3,(H,18,19). The Kier molecular flexibility index (Phi) is 12.1. The molecule has 0 fully saturated rings. The molecule has 0 saturated carbocycles. The third-order valence-electron chi connectivity index (χ3n) is 2.82. The van der Waals surface area contributed by atoms with Gasteiger partial charge >= 0.3 is 5.97 Å². The van der Waals surface area contributed by atoms with Crippen molar-refractivity contribution in [3.8, 4) is 0 Å². The molecule has 108 valence electrons. The lowest BCUT2D eigenvalue weighted by Gasteiger charge is -1.96. The third-order valence-corrected chi connectivity index (χ3v) is 2.82. The van der Waals surface area contributed by atoms with E-state index in [9.17, 15) is 9.59 Å². The number of aliphatic carboxylic acids is 1. The molecule has 3 nitrogen and oxygen atoms in total. The molecule has 0 aliphatic carbocycles. The maximum absolute atomic E-state index is 11.4. The maximum Gasteiger partial charge on any atom is 0.303 e. The summed E-state index contributed by atoms with van der Waals surface area (Å²) >= 11 is 0. The van der Waals surface area contributed by atoms with Gasteiger partial charge in [-0.15, -0.1) is 0 Å². The highest BCUT2D eigenvalue weighted by Gasteiger charge is 1.99. The fraction of sp³-hybridized carbons (Fsp3) is 0.625. The maximum atomic E-state index is 11.4. The molecule has 0 amide bonds. The zero-order valence-electron chi connectivity index (χ0n) is 11.9. The van der Waals surface area contributed by atoms with Gasteiger partial charge in [0.2, 0.25) is 0 Å². The summed E-state index contributed by atoms with van der Waals surface area (Å²) in [6.45, 7) is 2.18. The van der Waals surface area contributed by atoms with E-state index in [1.807, 2.05) is 6.08 Å². The monoisotopic (exact) mass is 266 g/mol. The molecule has 19 heavy (non-hydrogen) atoms. The number of carbonyl (C=O) groups is 2. The van der Waals surface area contributed by atoms with E-state index >= 15 is 0 Å². The Bertz CT molecular complexity index is 303. The van der Waals surface area contributed by atoms with Crippen molar-refractivity contribution in [3.63, 3.8) is 0 Å². The van der Waals surface area contributed by atoms with E-state index in [-0.39, 0.29) is 12.2 Å². The van der Waals surface area contributed by atoms with Gasteiger partial charge in [-0.25, -0.2) is 0 Å². The van der Waals surface area contributed by atoms with Crippen LogP contribution in [-0.4, -0.2) is 16.9 Å². The second-order valence-corrected chi connectivity index (χ2v) is 4.70. The van der Waals surface area contributed by atoms with Crippen molar-refractivity contribution < 1.29 is 14.7 Å². The predicted octanol–water partition coefficient (Wildman–Crippen LogP) is 4.28. The van der Waals surface area contributed by atoms with E-state index in [0.717, 1.165) is 19.3 Å². The quantitative estimate of drug-likeness (QED) is 0.326. The zero-order chi connectivity index (χ0) is 14.3. The molecule has 0 aromatic heterocycles. The smallest absolute Gasteiger partial charge is 0.303 e. The summed E-state index contributed by atoms with van der Waals surface area (Å²) in [6, 6.07) is 0. The van der Waals surface area contributed by atoms with Crippen LogP contribution in [0.3, 0.4) is 0 Å². The number of unbranched alkanes of at least 4 members (excludes halogenated alkanes) is 5.